The minimum absolute atomic E-state index is 0.922. The van der Waals surface area contributed by atoms with Crippen LogP contribution in [0.3, 0.4) is 0 Å². The van der Waals surface area contributed by atoms with Crippen LogP contribution in [0.15, 0.2) is 36.5 Å². The fraction of sp³-hybridized carbons (Fsp3) is 0.647. The third-order valence-electron chi connectivity index (χ3n) is 4.97. The van der Waals surface area contributed by atoms with Gasteiger partial charge in [-0.2, -0.15) is 0 Å². The van der Waals surface area contributed by atoms with Crippen LogP contribution in [0.25, 0.3) is 0 Å². The summed E-state index contributed by atoms with van der Waals surface area (Å²) in [7, 11) is 0. The number of hydrogen-bond donors (Lipinski definition) is 0. The first-order chi connectivity index (χ1) is 8.45. The van der Waals surface area contributed by atoms with Gasteiger partial charge in [-0.05, 0) is 68.6 Å². The van der Waals surface area contributed by atoms with E-state index in [4.69, 9.17) is 0 Å². The summed E-state index contributed by atoms with van der Waals surface area (Å²) >= 11 is 0. The maximum Gasteiger partial charge on any atom is -0.0196 e. The molecule has 4 atom stereocenters. The normalized spacial score (nSPS) is 44.7. The molecule has 3 rings (SSSR count). The van der Waals surface area contributed by atoms with Crippen LogP contribution in [0.5, 0.6) is 0 Å². The van der Waals surface area contributed by atoms with E-state index in [0.29, 0.717) is 0 Å². The summed E-state index contributed by atoms with van der Waals surface area (Å²) in [6.45, 7) is 0. The first-order valence-electron chi connectivity index (χ1n) is 7.43. The fourth-order valence-corrected chi connectivity index (χ4v) is 4.12. The van der Waals surface area contributed by atoms with Gasteiger partial charge in [-0.15, -0.1) is 0 Å². The second kappa shape index (κ2) is 5.25. The van der Waals surface area contributed by atoms with Gasteiger partial charge in [0.05, 0.1) is 0 Å². The molecular formula is C17H24. The van der Waals surface area contributed by atoms with Crippen molar-refractivity contribution in [2.45, 2.75) is 44.9 Å². The van der Waals surface area contributed by atoms with Crippen molar-refractivity contribution in [3.8, 4) is 0 Å². The maximum absolute atomic E-state index is 2.51. The summed E-state index contributed by atoms with van der Waals surface area (Å²) in [5.41, 5.74) is 0. The Labute approximate surface area is 105 Å². The molecule has 2 bridgehead atoms. The second-order valence-electron chi connectivity index (χ2n) is 5.95. The monoisotopic (exact) mass is 228 g/mol. The van der Waals surface area contributed by atoms with Gasteiger partial charge < -0.3 is 0 Å². The van der Waals surface area contributed by atoms with Gasteiger partial charge in [-0.1, -0.05) is 36.5 Å². The van der Waals surface area contributed by atoms with Crippen molar-refractivity contribution >= 4 is 0 Å². The lowest BCUT2D eigenvalue weighted by Gasteiger charge is -2.27. The molecule has 0 saturated heterocycles. The highest BCUT2D eigenvalue weighted by molar-refractivity contribution is 5.14. The summed E-state index contributed by atoms with van der Waals surface area (Å²) in [4.78, 5) is 0. The van der Waals surface area contributed by atoms with Crippen LogP contribution in [-0.2, 0) is 0 Å². The summed E-state index contributed by atoms with van der Waals surface area (Å²) in [6.07, 6.45) is 24.0. The van der Waals surface area contributed by atoms with Gasteiger partial charge in [0.2, 0.25) is 0 Å². The van der Waals surface area contributed by atoms with Crippen LogP contribution in [0.1, 0.15) is 44.9 Å². The molecule has 1 saturated carbocycles. The molecule has 4 unspecified atom stereocenters. The quantitative estimate of drug-likeness (QED) is 0.518. The molecule has 0 aromatic carbocycles. The summed E-state index contributed by atoms with van der Waals surface area (Å²) in [5, 5.41) is 0. The summed E-state index contributed by atoms with van der Waals surface area (Å²) in [6, 6.07) is 0. The van der Waals surface area contributed by atoms with Crippen molar-refractivity contribution in [1.29, 1.82) is 0 Å². The predicted molar refractivity (Wildman–Crippen MR) is 73.7 cm³/mol. The van der Waals surface area contributed by atoms with Gasteiger partial charge in [-0.25, -0.2) is 0 Å². The molecule has 0 aromatic rings. The molecule has 0 amide bonds. The highest BCUT2D eigenvalue weighted by Crippen LogP contribution is 2.51. The maximum atomic E-state index is 2.51. The Balaban J connectivity index is 1.70. The molecule has 0 heteroatoms. The molecular weight excluding hydrogens is 204 g/mol. The van der Waals surface area contributed by atoms with E-state index in [-0.39, 0.29) is 0 Å². The first kappa shape index (κ1) is 11.3. The molecule has 1 fully saturated rings. The lowest BCUT2D eigenvalue weighted by atomic mass is 9.78. The molecule has 17 heavy (non-hydrogen) atoms. The third-order valence-corrected chi connectivity index (χ3v) is 4.97. The van der Waals surface area contributed by atoms with Crippen molar-refractivity contribution in [1.82, 2.24) is 0 Å². The van der Waals surface area contributed by atoms with Crippen LogP contribution >= 0.6 is 0 Å². The van der Waals surface area contributed by atoms with Crippen LogP contribution in [0.2, 0.25) is 0 Å². The number of allylic oxidation sites excluding steroid dienone is 6. The number of hydrogen-bond acceptors (Lipinski definition) is 0. The average molecular weight is 228 g/mol. The molecule has 0 heterocycles. The van der Waals surface area contributed by atoms with Crippen LogP contribution in [-0.4, -0.2) is 0 Å². The lowest BCUT2D eigenvalue weighted by molar-refractivity contribution is 0.278. The smallest absolute Gasteiger partial charge is 0.0196 e. The van der Waals surface area contributed by atoms with E-state index in [1.165, 1.54) is 44.9 Å². The molecule has 0 aromatic heterocycles. The van der Waals surface area contributed by atoms with Gasteiger partial charge in [0, 0.05) is 0 Å². The SMILES string of the molecule is C1=CC2CC1C1CC/C=C\CC/C=C\CCC21. The minimum Gasteiger partial charge on any atom is -0.0885 e. The third kappa shape index (κ3) is 2.41. The zero-order chi connectivity index (χ0) is 11.5. The van der Waals surface area contributed by atoms with E-state index in [9.17, 15) is 0 Å². The molecule has 0 nitrogen and oxygen atoms in total. The Morgan fingerprint density at radius 2 is 1.06 bits per heavy atom. The molecule has 0 N–H and O–H groups in total. The van der Waals surface area contributed by atoms with Gasteiger partial charge in [0.15, 0.2) is 0 Å². The Morgan fingerprint density at radius 3 is 1.59 bits per heavy atom. The summed E-state index contributed by atoms with van der Waals surface area (Å²) in [5.74, 6) is 3.82. The molecule has 0 spiro atoms. The van der Waals surface area contributed by atoms with Crippen molar-refractivity contribution in [3.05, 3.63) is 36.5 Å². The summed E-state index contributed by atoms with van der Waals surface area (Å²) < 4.78 is 0. The van der Waals surface area contributed by atoms with Crippen molar-refractivity contribution in [2.75, 3.05) is 0 Å². The average Bonchev–Trinajstić information content (AvgIpc) is 2.89. The topological polar surface area (TPSA) is 0 Å². The van der Waals surface area contributed by atoms with Crippen molar-refractivity contribution in [3.63, 3.8) is 0 Å². The van der Waals surface area contributed by atoms with E-state index in [0.717, 1.165) is 23.7 Å². The fourth-order valence-electron chi connectivity index (χ4n) is 4.12. The van der Waals surface area contributed by atoms with Crippen LogP contribution < -0.4 is 0 Å². The van der Waals surface area contributed by atoms with Crippen molar-refractivity contribution in [2.24, 2.45) is 23.7 Å². The Hall–Kier alpha value is -0.780. The van der Waals surface area contributed by atoms with Gasteiger partial charge in [-0.3, -0.25) is 0 Å². The van der Waals surface area contributed by atoms with Gasteiger partial charge >= 0.3 is 0 Å². The standard InChI is InChI=1S/C17H24/c1-2-4-6-8-10-17-15-12-11-14(13-15)16(17)9-7-5-3-1/h3-6,11-12,14-17H,1-2,7-10,13H2/b5-3-,6-4-. The number of rotatable bonds is 0. The molecule has 3 aliphatic carbocycles. The molecule has 0 aliphatic heterocycles. The van der Waals surface area contributed by atoms with E-state index < -0.39 is 0 Å². The number of fused-ring (bicyclic) bond motifs is 5. The largest absolute Gasteiger partial charge is 0.0885 e. The Bertz CT molecular complexity index is 302. The Morgan fingerprint density at radius 1 is 0.588 bits per heavy atom. The van der Waals surface area contributed by atoms with E-state index in [1.54, 1.807) is 0 Å². The predicted octanol–water partition coefficient (Wildman–Crippen LogP) is 4.89. The van der Waals surface area contributed by atoms with Gasteiger partial charge in [0.1, 0.15) is 0 Å². The first-order valence-corrected chi connectivity index (χ1v) is 7.43. The van der Waals surface area contributed by atoms with Crippen LogP contribution in [0.4, 0.5) is 0 Å². The van der Waals surface area contributed by atoms with E-state index in [1.807, 2.05) is 0 Å². The molecule has 92 valence electrons. The highest BCUT2D eigenvalue weighted by Gasteiger charge is 2.42. The molecule has 0 radical (unpaired) electrons. The second-order valence-corrected chi connectivity index (χ2v) is 5.95. The highest BCUT2D eigenvalue weighted by atomic mass is 14.5. The zero-order valence-electron chi connectivity index (χ0n) is 10.7. The van der Waals surface area contributed by atoms with Crippen molar-refractivity contribution < 1.29 is 0 Å². The molecule has 3 aliphatic rings. The van der Waals surface area contributed by atoms with Gasteiger partial charge in [0.25, 0.3) is 0 Å². The lowest BCUT2D eigenvalue weighted by Crippen LogP contribution is -2.19. The minimum atomic E-state index is 0.922. The Kier molecular flexibility index (Phi) is 3.49. The van der Waals surface area contributed by atoms with Crippen LogP contribution in [0, 0.1) is 23.7 Å². The zero-order valence-corrected chi connectivity index (χ0v) is 10.7. The van der Waals surface area contributed by atoms with E-state index in [2.05, 4.69) is 36.5 Å². The van der Waals surface area contributed by atoms with E-state index >= 15 is 0 Å².